The number of nitrogens with one attached hydrogen (secondary N) is 1. The van der Waals surface area contributed by atoms with Gasteiger partial charge in [-0.1, -0.05) is 25.4 Å². The number of methoxy groups -OCH3 is 1. The Bertz CT molecular complexity index is 1110. The Kier molecular flexibility index (Phi) is 7.84. The summed E-state index contributed by atoms with van der Waals surface area (Å²) in [5.41, 5.74) is 6.61. The van der Waals surface area contributed by atoms with E-state index in [1.54, 1.807) is 31.7 Å². The zero-order chi connectivity index (χ0) is 23.1. The molecule has 3 aromatic rings. The molecule has 7 heteroatoms. The molecule has 1 aromatic heterocycles. The lowest BCUT2D eigenvalue weighted by atomic mass is 10.0. The van der Waals surface area contributed by atoms with Crippen LogP contribution in [-0.4, -0.2) is 24.2 Å². The van der Waals surface area contributed by atoms with E-state index in [0.29, 0.717) is 17.9 Å². The van der Waals surface area contributed by atoms with Gasteiger partial charge in [0.2, 0.25) is 0 Å². The first kappa shape index (κ1) is 23.3. The lowest BCUT2D eigenvalue weighted by Gasteiger charge is -2.17. The highest BCUT2D eigenvalue weighted by molar-refractivity contribution is 6.31. The lowest BCUT2D eigenvalue weighted by Crippen LogP contribution is -2.17. The van der Waals surface area contributed by atoms with Crippen LogP contribution in [0, 0.1) is 6.92 Å². The van der Waals surface area contributed by atoms with Crippen LogP contribution in [0.5, 0.6) is 11.5 Å². The van der Waals surface area contributed by atoms with E-state index in [1.807, 2.05) is 37.3 Å². The Hall–Kier alpha value is -3.38. The molecule has 0 fully saturated rings. The monoisotopic (exact) mass is 451 g/mol. The molecule has 0 spiro atoms. The molecular weight excluding hydrogens is 426 g/mol. The van der Waals surface area contributed by atoms with E-state index in [2.05, 4.69) is 29.4 Å². The number of hydrazone groups is 1. The summed E-state index contributed by atoms with van der Waals surface area (Å²) in [5, 5.41) is 4.77. The summed E-state index contributed by atoms with van der Waals surface area (Å²) in [5.74, 6) is 1.45. The minimum Gasteiger partial charge on any atom is -0.496 e. The standard InChI is InChI=1S/C25H26ClN3O3/c1-16(2)21-12-22(26)17(3)10-24(21)32-15-20-11-18(7-8-23(20)31-4)13-28-29-25(30)19-6-5-9-27-14-19/h5-14,16H,15H2,1-4H3,(H,29,30). The fourth-order valence-electron chi connectivity index (χ4n) is 3.12. The van der Waals surface area contributed by atoms with Crippen LogP contribution in [0.3, 0.4) is 0 Å². The summed E-state index contributed by atoms with van der Waals surface area (Å²) in [7, 11) is 1.62. The second-order valence-corrected chi connectivity index (χ2v) is 8.00. The predicted molar refractivity (Wildman–Crippen MR) is 127 cm³/mol. The number of benzene rings is 2. The van der Waals surface area contributed by atoms with Crippen molar-refractivity contribution in [3.63, 3.8) is 0 Å². The number of aromatic nitrogens is 1. The van der Waals surface area contributed by atoms with Crippen molar-refractivity contribution in [2.45, 2.75) is 33.3 Å². The number of ether oxygens (including phenoxy) is 2. The summed E-state index contributed by atoms with van der Waals surface area (Å²) < 4.78 is 11.6. The Morgan fingerprint density at radius 3 is 2.72 bits per heavy atom. The van der Waals surface area contributed by atoms with Crippen molar-refractivity contribution < 1.29 is 14.3 Å². The fourth-order valence-corrected chi connectivity index (χ4v) is 3.29. The van der Waals surface area contributed by atoms with Gasteiger partial charge in [0.25, 0.3) is 5.91 Å². The van der Waals surface area contributed by atoms with E-state index in [9.17, 15) is 4.79 Å². The predicted octanol–water partition coefficient (Wildman–Crippen LogP) is 5.52. The van der Waals surface area contributed by atoms with Crippen LogP contribution in [0.2, 0.25) is 5.02 Å². The number of pyridine rings is 1. The molecular formula is C25H26ClN3O3. The first-order chi connectivity index (χ1) is 15.4. The Morgan fingerprint density at radius 1 is 1.22 bits per heavy atom. The zero-order valence-corrected chi connectivity index (χ0v) is 19.3. The van der Waals surface area contributed by atoms with Crippen LogP contribution in [0.4, 0.5) is 0 Å². The highest BCUT2D eigenvalue weighted by atomic mass is 35.5. The average Bonchev–Trinajstić information content (AvgIpc) is 2.80. The van der Waals surface area contributed by atoms with Gasteiger partial charge in [-0.15, -0.1) is 0 Å². The average molecular weight is 452 g/mol. The molecule has 0 aliphatic carbocycles. The highest BCUT2D eigenvalue weighted by Crippen LogP contribution is 2.33. The third-order valence-corrected chi connectivity index (χ3v) is 5.31. The number of carbonyl (C=O) groups excluding carboxylic acids is 1. The van der Waals surface area contributed by atoms with Gasteiger partial charge in [-0.25, -0.2) is 5.43 Å². The van der Waals surface area contributed by atoms with Gasteiger partial charge in [0, 0.05) is 23.0 Å². The summed E-state index contributed by atoms with van der Waals surface area (Å²) in [6.45, 7) is 6.47. The molecule has 0 atom stereocenters. The molecule has 1 heterocycles. The minimum absolute atomic E-state index is 0.270. The number of carbonyl (C=O) groups is 1. The van der Waals surface area contributed by atoms with Crippen LogP contribution in [-0.2, 0) is 6.61 Å². The maximum atomic E-state index is 12.1. The molecule has 3 rings (SSSR count). The van der Waals surface area contributed by atoms with Crippen LogP contribution in [0.15, 0.2) is 60.0 Å². The molecule has 1 amide bonds. The number of amides is 1. The molecule has 0 saturated carbocycles. The molecule has 166 valence electrons. The van der Waals surface area contributed by atoms with Crippen LogP contribution < -0.4 is 14.9 Å². The van der Waals surface area contributed by atoms with Gasteiger partial charge in [-0.3, -0.25) is 9.78 Å². The summed E-state index contributed by atoms with van der Waals surface area (Å²) in [6.07, 6.45) is 4.66. The van der Waals surface area contributed by atoms with Crippen molar-refractivity contribution in [1.29, 1.82) is 0 Å². The highest BCUT2D eigenvalue weighted by Gasteiger charge is 2.13. The molecule has 0 aliphatic rings. The van der Waals surface area contributed by atoms with Gasteiger partial charge in [-0.2, -0.15) is 5.10 Å². The maximum Gasteiger partial charge on any atom is 0.272 e. The Labute approximate surface area is 193 Å². The normalized spacial score (nSPS) is 11.1. The molecule has 0 radical (unpaired) electrons. The van der Waals surface area contributed by atoms with Crippen LogP contribution in [0.25, 0.3) is 0 Å². The van der Waals surface area contributed by atoms with E-state index in [-0.39, 0.29) is 11.8 Å². The molecule has 0 saturated heterocycles. The number of hydrogen-bond donors (Lipinski definition) is 1. The zero-order valence-electron chi connectivity index (χ0n) is 18.6. The van der Waals surface area contributed by atoms with Crippen molar-refractivity contribution in [3.8, 4) is 11.5 Å². The minimum atomic E-state index is -0.328. The summed E-state index contributed by atoms with van der Waals surface area (Å²) in [4.78, 5) is 16.0. The second-order valence-electron chi connectivity index (χ2n) is 7.59. The fraction of sp³-hybridized carbons (Fsp3) is 0.240. The number of hydrogen-bond acceptors (Lipinski definition) is 5. The van der Waals surface area contributed by atoms with Crippen molar-refractivity contribution in [2.75, 3.05) is 7.11 Å². The number of halogens is 1. The molecule has 2 aromatic carbocycles. The van der Waals surface area contributed by atoms with E-state index < -0.39 is 0 Å². The molecule has 0 unspecified atom stereocenters. The van der Waals surface area contributed by atoms with Crippen molar-refractivity contribution in [1.82, 2.24) is 10.4 Å². The van der Waals surface area contributed by atoms with Crippen LogP contribution >= 0.6 is 11.6 Å². The summed E-state index contributed by atoms with van der Waals surface area (Å²) >= 11 is 6.30. The van der Waals surface area contributed by atoms with E-state index in [1.165, 1.54) is 6.20 Å². The topological polar surface area (TPSA) is 72.8 Å². The maximum absolute atomic E-state index is 12.1. The molecule has 6 nitrogen and oxygen atoms in total. The van der Waals surface area contributed by atoms with Gasteiger partial charge in [0.05, 0.1) is 18.9 Å². The van der Waals surface area contributed by atoms with Gasteiger partial charge in [0.15, 0.2) is 0 Å². The third-order valence-electron chi connectivity index (χ3n) is 4.90. The quantitative estimate of drug-likeness (QED) is 0.361. The smallest absolute Gasteiger partial charge is 0.272 e. The SMILES string of the molecule is COc1ccc(C=NNC(=O)c2cccnc2)cc1COc1cc(C)c(Cl)cc1C(C)C. The van der Waals surface area contributed by atoms with Crippen molar-refractivity contribution >= 4 is 23.7 Å². The lowest BCUT2D eigenvalue weighted by molar-refractivity contribution is 0.0954. The molecule has 1 N–H and O–H groups in total. The van der Waals surface area contributed by atoms with Gasteiger partial charge < -0.3 is 9.47 Å². The van der Waals surface area contributed by atoms with Crippen molar-refractivity contribution in [3.05, 3.63) is 87.7 Å². The Balaban J connectivity index is 1.74. The van der Waals surface area contributed by atoms with E-state index in [0.717, 1.165) is 33.0 Å². The van der Waals surface area contributed by atoms with Gasteiger partial charge in [0.1, 0.15) is 18.1 Å². The molecule has 32 heavy (non-hydrogen) atoms. The molecule has 0 bridgehead atoms. The van der Waals surface area contributed by atoms with Gasteiger partial charge >= 0.3 is 0 Å². The molecule has 0 aliphatic heterocycles. The van der Waals surface area contributed by atoms with Crippen molar-refractivity contribution in [2.24, 2.45) is 5.10 Å². The van der Waals surface area contributed by atoms with E-state index >= 15 is 0 Å². The van der Waals surface area contributed by atoms with Gasteiger partial charge in [-0.05, 0) is 72.0 Å². The summed E-state index contributed by atoms with van der Waals surface area (Å²) in [6, 6.07) is 12.9. The number of rotatable bonds is 8. The Morgan fingerprint density at radius 2 is 2.03 bits per heavy atom. The van der Waals surface area contributed by atoms with E-state index in [4.69, 9.17) is 21.1 Å². The number of nitrogens with zero attached hydrogens (tertiary/aromatic N) is 2. The second kappa shape index (κ2) is 10.8. The van der Waals surface area contributed by atoms with Crippen LogP contribution in [0.1, 0.15) is 52.4 Å². The largest absolute Gasteiger partial charge is 0.496 e. The first-order valence-corrected chi connectivity index (χ1v) is 10.6. The third kappa shape index (κ3) is 5.86. The first-order valence-electron chi connectivity index (χ1n) is 10.2. The number of aryl methyl sites for hydroxylation is 1.